The molecule has 1 saturated heterocycles. The van der Waals surface area contributed by atoms with Gasteiger partial charge in [-0.2, -0.15) is 0 Å². The molecule has 1 atom stereocenters. The first-order chi connectivity index (χ1) is 14.4. The molecule has 7 nitrogen and oxygen atoms in total. The van der Waals surface area contributed by atoms with Gasteiger partial charge in [-0.15, -0.1) is 0 Å². The van der Waals surface area contributed by atoms with Crippen LogP contribution >= 0.6 is 0 Å². The van der Waals surface area contributed by atoms with Crippen molar-refractivity contribution < 1.29 is 13.2 Å². The Morgan fingerprint density at radius 3 is 2.47 bits per heavy atom. The number of hydrogen-bond donors (Lipinski definition) is 1. The topological polar surface area (TPSA) is 100 Å². The predicted octanol–water partition coefficient (Wildman–Crippen LogP) is 3.34. The molecule has 30 heavy (non-hydrogen) atoms. The molecule has 0 radical (unpaired) electrons. The van der Waals surface area contributed by atoms with Crippen molar-refractivity contribution in [1.29, 1.82) is 0 Å². The highest BCUT2D eigenvalue weighted by atomic mass is 32.2. The van der Waals surface area contributed by atoms with Gasteiger partial charge in [0.25, 0.3) is 0 Å². The number of para-hydroxylation sites is 2. The highest BCUT2D eigenvalue weighted by molar-refractivity contribution is 7.92. The Morgan fingerprint density at radius 1 is 1.10 bits per heavy atom. The molecule has 154 valence electrons. The van der Waals surface area contributed by atoms with Gasteiger partial charge in [0.2, 0.25) is 9.84 Å². The van der Waals surface area contributed by atoms with Crippen molar-refractivity contribution in [2.24, 2.45) is 5.92 Å². The van der Waals surface area contributed by atoms with E-state index in [1.807, 2.05) is 31.2 Å². The molecular formula is C22H22N4O3S. The number of hydrogen-bond acceptors (Lipinski definition) is 6. The first-order valence-electron chi connectivity index (χ1n) is 9.89. The SMILES string of the molecule is Cc1ccc(S(=O)(=O)c2c(N)n(C[C@@H]3CCOC3)c3nc4ccccc4nc23)cc1. The van der Waals surface area contributed by atoms with Crippen LogP contribution in [-0.4, -0.2) is 36.2 Å². The van der Waals surface area contributed by atoms with Crippen molar-refractivity contribution in [2.45, 2.75) is 29.7 Å². The zero-order valence-electron chi connectivity index (χ0n) is 16.6. The molecule has 0 aliphatic carbocycles. The number of nitrogen functional groups attached to an aromatic ring is 1. The molecule has 2 aromatic heterocycles. The molecule has 1 fully saturated rings. The fourth-order valence-electron chi connectivity index (χ4n) is 3.96. The van der Waals surface area contributed by atoms with Gasteiger partial charge < -0.3 is 15.0 Å². The Balaban J connectivity index is 1.79. The van der Waals surface area contributed by atoms with Gasteiger partial charge in [0.15, 0.2) is 5.65 Å². The van der Waals surface area contributed by atoms with E-state index in [4.69, 9.17) is 15.5 Å². The summed E-state index contributed by atoms with van der Waals surface area (Å²) < 4.78 is 34.4. The maximum Gasteiger partial charge on any atom is 0.212 e. The van der Waals surface area contributed by atoms with Crippen molar-refractivity contribution in [2.75, 3.05) is 18.9 Å². The lowest BCUT2D eigenvalue weighted by Crippen LogP contribution is -2.14. The minimum Gasteiger partial charge on any atom is -0.384 e. The quantitative estimate of drug-likeness (QED) is 0.541. The van der Waals surface area contributed by atoms with Crippen LogP contribution in [0.5, 0.6) is 0 Å². The van der Waals surface area contributed by atoms with Gasteiger partial charge >= 0.3 is 0 Å². The van der Waals surface area contributed by atoms with E-state index in [1.54, 1.807) is 28.8 Å². The molecule has 8 heteroatoms. The number of ether oxygens (including phenoxy) is 1. The van der Waals surface area contributed by atoms with Crippen LogP contribution in [0.1, 0.15) is 12.0 Å². The van der Waals surface area contributed by atoms with Crippen LogP contribution in [0, 0.1) is 12.8 Å². The van der Waals surface area contributed by atoms with E-state index in [9.17, 15) is 8.42 Å². The molecule has 2 aromatic carbocycles. The van der Waals surface area contributed by atoms with E-state index in [1.165, 1.54) is 0 Å². The van der Waals surface area contributed by atoms with Crippen molar-refractivity contribution in [3.05, 3.63) is 54.1 Å². The molecule has 5 rings (SSSR count). The second-order valence-electron chi connectivity index (χ2n) is 7.76. The third-order valence-electron chi connectivity index (χ3n) is 5.61. The number of aryl methyl sites for hydroxylation is 1. The van der Waals surface area contributed by atoms with Gasteiger partial charge in [0, 0.05) is 19.1 Å². The molecule has 0 unspecified atom stereocenters. The van der Waals surface area contributed by atoms with E-state index in [0.29, 0.717) is 42.0 Å². The molecular weight excluding hydrogens is 400 g/mol. The Hall–Kier alpha value is -2.97. The summed E-state index contributed by atoms with van der Waals surface area (Å²) in [6.45, 7) is 3.78. The van der Waals surface area contributed by atoms with Gasteiger partial charge in [-0.3, -0.25) is 0 Å². The second kappa shape index (κ2) is 7.07. The number of benzene rings is 2. The molecule has 1 aliphatic rings. The van der Waals surface area contributed by atoms with E-state index >= 15 is 0 Å². The third-order valence-corrected chi connectivity index (χ3v) is 7.44. The van der Waals surface area contributed by atoms with Crippen molar-refractivity contribution >= 4 is 37.9 Å². The smallest absolute Gasteiger partial charge is 0.212 e. The van der Waals surface area contributed by atoms with Gasteiger partial charge in [0.1, 0.15) is 16.2 Å². The maximum atomic E-state index is 13.6. The molecule has 4 aromatic rings. The normalized spacial score (nSPS) is 17.2. The largest absolute Gasteiger partial charge is 0.384 e. The fraction of sp³-hybridized carbons (Fsp3) is 0.273. The molecule has 0 saturated carbocycles. The van der Waals surface area contributed by atoms with Gasteiger partial charge in [-0.05, 0) is 37.6 Å². The molecule has 1 aliphatic heterocycles. The number of rotatable bonds is 4. The average Bonchev–Trinajstić information content (AvgIpc) is 3.34. The number of anilines is 1. The van der Waals surface area contributed by atoms with E-state index < -0.39 is 9.84 Å². The summed E-state index contributed by atoms with van der Waals surface area (Å²) in [5.41, 5.74) is 9.59. The second-order valence-corrected chi connectivity index (χ2v) is 9.64. The summed E-state index contributed by atoms with van der Waals surface area (Å²) in [6, 6.07) is 14.2. The first-order valence-corrected chi connectivity index (χ1v) is 11.4. The van der Waals surface area contributed by atoms with Gasteiger partial charge in [-0.25, -0.2) is 18.4 Å². The van der Waals surface area contributed by atoms with E-state index in [2.05, 4.69) is 4.98 Å². The Morgan fingerprint density at radius 2 is 1.80 bits per heavy atom. The van der Waals surface area contributed by atoms with Crippen molar-refractivity contribution in [3.8, 4) is 0 Å². The number of fused-ring (bicyclic) bond motifs is 2. The Kier molecular flexibility index (Phi) is 4.48. The first kappa shape index (κ1) is 19.0. The predicted molar refractivity (Wildman–Crippen MR) is 115 cm³/mol. The molecule has 2 N–H and O–H groups in total. The molecule has 0 spiro atoms. The zero-order chi connectivity index (χ0) is 20.9. The number of sulfone groups is 1. The Bertz CT molecular complexity index is 1350. The highest BCUT2D eigenvalue weighted by Crippen LogP contribution is 2.36. The molecule has 0 amide bonds. The number of nitrogens with two attached hydrogens (primary N) is 1. The maximum absolute atomic E-state index is 13.6. The summed E-state index contributed by atoms with van der Waals surface area (Å²) in [6.07, 6.45) is 0.903. The van der Waals surface area contributed by atoms with Crippen LogP contribution in [0.15, 0.2) is 58.3 Å². The third kappa shape index (κ3) is 3.03. The monoisotopic (exact) mass is 422 g/mol. The van der Waals surface area contributed by atoms with Crippen molar-refractivity contribution in [1.82, 2.24) is 14.5 Å². The summed E-state index contributed by atoms with van der Waals surface area (Å²) in [7, 11) is -3.87. The minimum absolute atomic E-state index is 0.0264. The van der Waals surface area contributed by atoms with Crippen LogP contribution in [0.4, 0.5) is 5.82 Å². The summed E-state index contributed by atoms with van der Waals surface area (Å²) in [5, 5.41) is 0. The van der Waals surface area contributed by atoms with Crippen LogP contribution in [0.25, 0.3) is 22.2 Å². The standard InChI is InChI=1S/C22H22N4O3S/c1-14-6-8-16(9-7-14)30(27,28)20-19-22(25-18-5-3-2-4-17(18)24-19)26(21(20)23)12-15-10-11-29-13-15/h2-9,15H,10-13,23H2,1H3/t15-/m0/s1. The fourth-order valence-corrected chi connectivity index (χ4v) is 5.47. The lowest BCUT2D eigenvalue weighted by molar-refractivity contribution is 0.183. The summed E-state index contributed by atoms with van der Waals surface area (Å²) in [4.78, 5) is 9.63. The van der Waals surface area contributed by atoms with E-state index in [0.717, 1.165) is 12.0 Å². The summed E-state index contributed by atoms with van der Waals surface area (Å²) in [5.74, 6) is 0.430. The van der Waals surface area contributed by atoms with E-state index in [-0.39, 0.29) is 21.5 Å². The number of aromatic nitrogens is 3. The highest BCUT2D eigenvalue weighted by Gasteiger charge is 2.31. The van der Waals surface area contributed by atoms with Crippen LogP contribution < -0.4 is 5.73 Å². The van der Waals surface area contributed by atoms with Crippen LogP contribution in [0.2, 0.25) is 0 Å². The van der Waals surface area contributed by atoms with Crippen LogP contribution in [0.3, 0.4) is 0 Å². The summed E-state index contributed by atoms with van der Waals surface area (Å²) >= 11 is 0. The van der Waals surface area contributed by atoms with Crippen LogP contribution in [-0.2, 0) is 21.1 Å². The Labute approximate surface area is 174 Å². The van der Waals surface area contributed by atoms with Crippen molar-refractivity contribution in [3.63, 3.8) is 0 Å². The van der Waals surface area contributed by atoms with Gasteiger partial charge in [-0.1, -0.05) is 29.8 Å². The average molecular weight is 423 g/mol. The zero-order valence-corrected chi connectivity index (χ0v) is 17.4. The lowest BCUT2D eigenvalue weighted by Gasteiger charge is -2.12. The minimum atomic E-state index is -3.87. The van der Waals surface area contributed by atoms with Gasteiger partial charge in [0.05, 0.1) is 22.5 Å². The number of nitrogens with zero attached hydrogens (tertiary/aromatic N) is 3. The molecule has 3 heterocycles. The molecule has 0 bridgehead atoms. The lowest BCUT2D eigenvalue weighted by atomic mass is 10.1.